The van der Waals surface area contributed by atoms with Crippen LogP contribution in [-0.4, -0.2) is 33.6 Å². The third kappa shape index (κ3) is 6.14. The minimum absolute atomic E-state index is 0.0333. The van der Waals surface area contributed by atoms with Crippen LogP contribution in [0.25, 0.3) is 10.9 Å². The number of carboxylic acid groups (broad SMARTS) is 1. The molecule has 0 amide bonds. The number of carboxylic acids is 1. The van der Waals surface area contributed by atoms with Crippen LogP contribution in [0.15, 0.2) is 73.4 Å². The van der Waals surface area contributed by atoms with Crippen LogP contribution in [0, 0.1) is 0 Å². The van der Waals surface area contributed by atoms with Gasteiger partial charge >= 0.3 is 5.97 Å². The van der Waals surface area contributed by atoms with Gasteiger partial charge in [0.15, 0.2) is 11.5 Å². The first-order valence-corrected chi connectivity index (χ1v) is 13.4. The second-order valence-corrected chi connectivity index (χ2v) is 10.5. The second-order valence-electron chi connectivity index (χ2n) is 8.70. The van der Waals surface area contributed by atoms with Crippen molar-refractivity contribution >= 4 is 54.9 Å². The summed E-state index contributed by atoms with van der Waals surface area (Å²) in [6.45, 7) is 6.33. The van der Waals surface area contributed by atoms with Crippen molar-refractivity contribution in [2.24, 2.45) is 5.10 Å². The SMILES string of the molecule is CCOc1cc(C=Nn2c(C(C)C)nc3ccc(Br)cc3c2=O)cc(Br)c1OCc1cccc(C(=O)O)c1. The molecule has 0 radical (unpaired) electrons. The fraction of sp³-hybridized carbons (Fsp3) is 0.214. The predicted molar refractivity (Wildman–Crippen MR) is 154 cm³/mol. The van der Waals surface area contributed by atoms with Crippen LogP contribution in [0.3, 0.4) is 0 Å². The van der Waals surface area contributed by atoms with E-state index in [-0.39, 0.29) is 23.6 Å². The van der Waals surface area contributed by atoms with E-state index in [4.69, 9.17) is 9.47 Å². The third-order valence-electron chi connectivity index (χ3n) is 5.56. The summed E-state index contributed by atoms with van der Waals surface area (Å²) < 4.78 is 14.6. The number of benzene rings is 3. The molecule has 0 saturated carbocycles. The first-order valence-electron chi connectivity index (χ1n) is 11.9. The average molecular weight is 643 g/mol. The maximum absolute atomic E-state index is 13.3. The fourth-order valence-corrected chi connectivity index (χ4v) is 4.73. The highest BCUT2D eigenvalue weighted by Crippen LogP contribution is 2.37. The van der Waals surface area contributed by atoms with Crippen molar-refractivity contribution in [1.82, 2.24) is 9.66 Å². The Morgan fingerprint density at radius 1 is 1.13 bits per heavy atom. The van der Waals surface area contributed by atoms with Gasteiger partial charge in [-0.05, 0) is 76.4 Å². The molecule has 8 nitrogen and oxygen atoms in total. The Labute approximate surface area is 236 Å². The Kier molecular flexibility index (Phi) is 8.63. The molecule has 4 rings (SSSR count). The highest BCUT2D eigenvalue weighted by atomic mass is 79.9. The molecule has 0 aliphatic rings. The van der Waals surface area contributed by atoms with E-state index in [2.05, 4.69) is 41.9 Å². The number of fused-ring (bicyclic) bond motifs is 1. The molecule has 0 unspecified atom stereocenters. The zero-order chi connectivity index (χ0) is 27.4. The number of hydrogen-bond acceptors (Lipinski definition) is 6. The molecule has 3 aromatic carbocycles. The Morgan fingerprint density at radius 2 is 1.92 bits per heavy atom. The molecule has 196 valence electrons. The van der Waals surface area contributed by atoms with E-state index in [9.17, 15) is 14.7 Å². The minimum atomic E-state index is -0.999. The summed E-state index contributed by atoms with van der Waals surface area (Å²) >= 11 is 6.97. The quantitative estimate of drug-likeness (QED) is 0.206. The van der Waals surface area contributed by atoms with E-state index in [0.29, 0.717) is 50.4 Å². The summed E-state index contributed by atoms with van der Waals surface area (Å²) in [4.78, 5) is 29.2. The first-order chi connectivity index (χ1) is 18.2. The van der Waals surface area contributed by atoms with E-state index in [1.807, 2.05) is 32.9 Å². The highest BCUT2D eigenvalue weighted by molar-refractivity contribution is 9.10. The molecule has 0 aliphatic carbocycles. The standard InChI is InChI=1S/C28H25Br2N3O5/c1-4-37-24-12-18(11-22(30)25(24)38-15-17-6-5-7-19(10-17)28(35)36)14-31-33-26(16(2)3)32-23-9-8-20(29)13-21(23)27(33)34/h5-14,16H,4,15H2,1-3H3,(H,35,36). The van der Waals surface area contributed by atoms with Gasteiger partial charge in [-0.2, -0.15) is 9.78 Å². The molecule has 0 bridgehead atoms. The average Bonchev–Trinajstić information content (AvgIpc) is 2.88. The number of carbonyl (C=O) groups is 1. The number of aromatic carboxylic acids is 1. The van der Waals surface area contributed by atoms with Gasteiger partial charge in [0, 0.05) is 10.4 Å². The second kappa shape index (κ2) is 11.9. The largest absolute Gasteiger partial charge is 0.490 e. The summed E-state index contributed by atoms with van der Waals surface area (Å²) in [5, 5.41) is 14.2. The van der Waals surface area contributed by atoms with Gasteiger partial charge < -0.3 is 14.6 Å². The molecule has 0 atom stereocenters. The summed E-state index contributed by atoms with van der Waals surface area (Å²) in [7, 11) is 0. The normalized spacial score (nSPS) is 11.4. The summed E-state index contributed by atoms with van der Waals surface area (Å²) in [5.74, 6) is 0.472. The Morgan fingerprint density at radius 3 is 2.63 bits per heavy atom. The summed E-state index contributed by atoms with van der Waals surface area (Å²) in [6, 6.07) is 15.5. The maximum Gasteiger partial charge on any atom is 0.335 e. The molecule has 1 aromatic heterocycles. The topological polar surface area (TPSA) is 103 Å². The zero-order valence-electron chi connectivity index (χ0n) is 20.9. The van der Waals surface area contributed by atoms with Crippen LogP contribution in [-0.2, 0) is 6.61 Å². The van der Waals surface area contributed by atoms with E-state index in [0.717, 1.165) is 4.47 Å². The van der Waals surface area contributed by atoms with Crippen LogP contribution in [0.4, 0.5) is 0 Å². The van der Waals surface area contributed by atoms with Crippen LogP contribution < -0.4 is 15.0 Å². The van der Waals surface area contributed by atoms with E-state index >= 15 is 0 Å². The first kappa shape index (κ1) is 27.5. The van der Waals surface area contributed by atoms with Crippen molar-refractivity contribution in [2.75, 3.05) is 6.61 Å². The molecule has 10 heteroatoms. The fourth-order valence-electron chi connectivity index (χ4n) is 3.79. The predicted octanol–water partition coefficient (Wildman–Crippen LogP) is 6.60. The van der Waals surface area contributed by atoms with Gasteiger partial charge in [-0.25, -0.2) is 9.78 Å². The van der Waals surface area contributed by atoms with Gasteiger partial charge in [0.25, 0.3) is 5.56 Å². The maximum atomic E-state index is 13.3. The number of nitrogens with zero attached hydrogens (tertiary/aromatic N) is 3. The lowest BCUT2D eigenvalue weighted by atomic mass is 10.1. The molecule has 0 saturated heterocycles. The number of hydrogen-bond donors (Lipinski definition) is 1. The number of rotatable bonds is 9. The third-order valence-corrected chi connectivity index (χ3v) is 6.64. The van der Waals surface area contributed by atoms with Gasteiger partial charge in [0.2, 0.25) is 0 Å². The van der Waals surface area contributed by atoms with Crippen molar-refractivity contribution < 1.29 is 19.4 Å². The van der Waals surface area contributed by atoms with E-state index in [1.165, 1.54) is 10.7 Å². The van der Waals surface area contributed by atoms with Crippen LogP contribution in [0.1, 0.15) is 54.0 Å². The molecule has 0 fully saturated rings. The van der Waals surface area contributed by atoms with E-state index in [1.54, 1.807) is 42.6 Å². The van der Waals surface area contributed by atoms with Crippen molar-refractivity contribution in [2.45, 2.75) is 33.3 Å². The molecule has 0 aliphatic heterocycles. The summed E-state index contributed by atoms with van der Waals surface area (Å²) in [6.07, 6.45) is 1.58. The monoisotopic (exact) mass is 641 g/mol. The molecule has 1 N–H and O–H groups in total. The van der Waals surface area contributed by atoms with Gasteiger partial charge in [0.1, 0.15) is 12.4 Å². The Hall–Kier alpha value is -3.50. The lowest BCUT2D eigenvalue weighted by molar-refractivity contribution is 0.0696. The van der Waals surface area contributed by atoms with Gasteiger partial charge in [0.05, 0.1) is 33.8 Å². The molecule has 38 heavy (non-hydrogen) atoms. The van der Waals surface area contributed by atoms with Crippen molar-refractivity contribution in [3.05, 3.63) is 96.4 Å². The van der Waals surface area contributed by atoms with Crippen LogP contribution in [0.5, 0.6) is 11.5 Å². The number of ether oxygens (including phenoxy) is 2. The van der Waals surface area contributed by atoms with Crippen LogP contribution >= 0.6 is 31.9 Å². The number of halogens is 2. The lowest BCUT2D eigenvalue weighted by Crippen LogP contribution is -2.23. The molecule has 4 aromatic rings. The molecule has 1 heterocycles. The highest BCUT2D eigenvalue weighted by Gasteiger charge is 2.16. The van der Waals surface area contributed by atoms with Crippen LogP contribution in [0.2, 0.25) is 0 Å². The molecular formula is C28H25Br2N3O5. The summed E-state index contributed by atoms with van der Waals surface area (Å²) in [5.41, 5.74) is 1.93. The minimum Gasteiger partial charge on any atom is -0.490 e. The van der Waals surface area contributed by atoms with E-state index < -0.39 is 5.97 Å². The van der Waals surface area contributed by atoms with Gasteiger partial charge in [-0.15, -0.1) is 0 Å². The molecular weight excluding hydrogens is 618 g/mol. The van der Waals surface area contributed by atoms with Gasteiger partial charge in [-0.1, -0.05) is 41.9 Å². The number of aromatic nitrogens is 2. The van der Waals surface area contributed by atoms with Crippen molar-refractivity contribution in [1.29, 1.82) is 0 Å². The van der Waals surface area contributed by atoms with Gasteiger partial charge in [-0.3, -0.25) is 4.79 Å². The lowest BCUT2D eigenvalue weighted by Gasteiger charge is -2.15. The Bertz CT molecular complexity index is 1600. The molecule has 0 spiro atoms. The van der Waals surface area contributed by atoms with Crippen molar-refractivity contribution in [3.63, 3.8) is 0 Å². The smallest absolute Gasteiger partial charge is 0.335 e. The Balaban J connectivity index is 1.68. The van der Waals surface area contributed by atoms with Crippen molar-refractivity contribution in [3.8, 4) is 11.5 Å². The zero-order valence-corrected chi connectivity index (χ0v) is 24.1.